The van der Waals surface area contributed by atoms with E-state index in [0.717, 1.165) is 30.4 Å². The maximum absolute atomic E-state index is 13.7. The van der Waals surface area contributed by atoms with E-state index in [2.05, 4.69) is 10.3 Å². The molecular weight excluding hydrogens is 379 g/mol. The van der Waals surface area contributed by atoms with Crippen LogP contribution in [0.25, 0.3) is 0 Å². The molecule has 3 aromatic rings. The maximum atomic E-state index is 13.7. The number of carbonyl (C=O) groups is 1. The number of benzene rings is 2. The van der Waals surface area contributed by atoms with Crippen molar-refractivity contribution in [2.75, 3.05) is 6.54 Å². The van der Waals surface area contributed by atoms with Gasteiger partial charge in [-0.05, 0) is 48.6 Å². The summed E-state index contributed by atoms with van der Waals surface area (Å²) >= 11 is 6.20. The van der Waals surface area contributed by atoms with E-state index in [1.165, 1.54) is 12.1 Å². The summed E-state index contributed by atoms with van der Waals surface area (Å²) in [5.41, 5.74) is 2.01. The molecular formula is C21H20ClFN4O. The van der Waals surface area contributed by atoms with E-state index >= 15 is 0 Å². The second-order valence-electron chi connectivity index (χ2n) is 6.96. The topological polar surface area (TPSA) is 51.0 Å². The highest BCUT2D eigenvalue weighted by Gasteiger charge is 2.30. The normalized spacial score (nSPS) is 16.9. The number of piperidine rings is 1. The first-order chi connectivity index (χ1) is 13.6. The minimum atomic E-state index is -0.291. The lowest BCUT2D eigenvalue weighted by molar-refractivity contribution is 0.0605. The van der Waals surface area contributed by atoms with Gasteiger partial charge in [-0.2, -0.15) is 0 Å². The number of carbonyl (C=O) groups excluding carboxylic acids is 1. The number of hydrogen-bond acceptors (Lipinski definition) is 3. The average molecular weight is 399 g/mol. The first kappa shape index (κ1) is 18.6. The molecule has 28 heavy (non-hydrogen) atoms. The smallest absolute Gasteiger partial charge is 0.276 e. The van der Waals surface area contributed by atoms with Gasteiger partial charge in [0.1, 0.15) is 5.82 Å². The molecule has 0 saturated carbocycles. The van der Waals surface area contributed by atoms with Crippen LogP contribution in [0, 0.1) is 5.82 Å². The highest BCUT2D eigenvalue weighted by Crippen LogP contribution is 2.32. The minimum Gasteiger partial charge on any atom is -0.330 e. The fourth-order valence-corrected chi connectivity index (χ4v) is 3.85. The Morgan fingerprint density at radius 3 is 2.86 bits per heavy atom. The number of aromatic nitrogens is 3. The molecule has 1 aliphatic rings. The fraction of sp³-hybridized carbons (Fsp3) is 0.286. The Morgan fingerprint density at radius 2 is 2.04 bits per heavy atom. The lowest BCUT2D eigenvalue weighted by Crippen LogP contribution is -2.38. The summed E-state index contributed by atoms with van der Waals surface area (Å²) in [5.74, 6) is -0.472. The monoisotopic (exact) mass is 398 g/mol. The molecule has 1 aromatic heterocycles. The van der Waals surface area contributed by atoms with Crippen molar-refractivity contribution in [2.45, 2.75) is 31.8 Å². The van der Waals surface area contributed by atoms with Crippen LogP contribution in [0.4, 0.5) is 4.39 Å². The van der Waals surface area contributed by atoms with Crippen LogP contribution < -0.4 is 0 Å². The summed E-state index contributed by atoms with van der Waals surface area (Å²) in [4.78, 5) is 14.9. The van der Waals surface area contributed by atoms with Gasteiger partial charge in [-0.1, -0.05) is 47.1 Å². The van der Waals surface area contributed by atoms with Crippen molar-refractivity contribution < 1.29 is 9.18 Å². The van der Waals surface area contributed by atoms with E-state index in [1.807, 2.05) is 30.3 Å². The van der Waals surface area contributed by atoms with Crippen LogP contribution in [0.1, 0.15) is 46.9 Å². The Balaban J connectivity index is 1.54. The second kappa shape index (κ2) is 8.10. The van der Waals surface area contributed by atoms with Crippen molar-refractivity contribution >= 4 is 17.5 Å². The first-order valence-electron chi connectivity index (χ1n) is 9.32. The van der Waals surface area contributed by atoms with Crippen LogP contribution in [-0.2, 0) is 6.54 Å². The third kappa shape index (κ3) is 3.92. The van der Waals surface area contributed by atoms with E-state index in [9.17, 15) is 9.18 Å². The molecule has 1 atom stereocenters. The van der Waals surface area contributed by atoms with Crippen molar-refractivity contribution in [3.8, 4) is 0 Å². The maximum Gasteiger partial charge on any atom is 0.276 e. The van der Waals surface area contributed by atoms with Gasteiger partial charge >= 0.3 is 0 Å². The molecule has 1 fully saturated rings. The summed E-state index contributed by atoms with van der Waals surface area (Å²) in [7, 11) is 0. The molecule has 1 saturated heterocycles. The SMILES string of the molecule is O=C(c1cn(Cc2ccccc2Cl)nn1)N1CCCC[C@H]1c1cccc(F)c1. The zero-order valence-corrected chi connectivity index (χ0v) is 16.0. The van der Waals surface area contributed by atoms with Gasteiger partial charge in [0, 0.05) is 11.6 Å². The second-order valence-corrected chi connectivity index (χ2v) is 7.37. The van der Waals surface area contributed by atoms with Crippen LogP contribution >= 0.6 is 11.6 Å². The number of halogens is 2. The highest BCUT2D eigenvalue weighted by molar-refractivity contribution is 6.31. The fourth-order valence-electron chi connectivity index (χ4n) is 3.66. The molecule has 2 aromatic carbocycles. The van der Waals surface area contributed by atoms with E-state index in [1.54, 1.807) is 21.8 Å². The van der Waals surface area contributed by atoms with Crippen molar-refractivity contribution in [3.05, 3.63) is 82.4 Å². The van der Waals surface area contributed by atoms with Crippen LogP contribution in [0.2, 0.25) is 5.02 Å². The number of rotatable bonds is 4. The number of amides is 1. The molecule has 4 rings (SSSR count). The van der Waals surface area contributed by atoms with Crippen molar-refractivity contribution in [2.24, 2.45) is 0 Å². The molecule has 0 aliphatic carbocycles. The predicted octanol–water partition coefficient (Wildman–Crippen LogP) is 4.49. The minimum absolute atomic E-state index is 0.148. The Hall–Kier alpha value is -2.73. The molecule has 0 spiro atoms. The summed E-state index contributed by atoms with van der Waals surface area (Å²) in [6, 6.07) is 13.8. The Kier molecular flexibility index (Phi) is 5.39. The van der Waals surface area contributed by atoms with Crippen LogP contribution in [0.15, 0.2) is 54.7 Å². The number of hydrogen-bond donors (Lipinski definition) is 0. The number of likely N-dealkylation sites (tertiary alicyclic amines) is 1. The van der Waals surface area contributed by atoms with Crippen molar-refractivity contribution in [1.29, 1.82) is 0 Å². The predicted molar refractivity (Wildman–Crippen MR) is 105 cm³/mol. The van der Waals surface area contributed by atoms with E-state index in [-0.39, 0.29) is 23.5 Å². The largest absolute Gasteiger partial charge is 0.330 e. The Morgan fingerprint density at radius 1 is 1.18 bits per heavy atom. The molecule has 0 unspecified atom stereocenters. The van der Waals surface area contributed by atoms with Crippen LogP contribution in [0.3, 0.4) is 0 Å². The molecule has 1 aliphatic heterocycles. The Bertz CT molecular complexity index is 990. The molecule has 5 nitrogen and oxygen atoms in total. The standard InChI is InChI=1S/C21H20ClFN4O/c22-18-9-2-1-6-16(18)13-26-14-19(24-25-26)21(28)27-11-4-3-10-20(27)15-7-5-8-17(23)12-15/h1-2,5-9,12,14,20H,3-4,10-11,13H2/t20-/m0/s1. The Labute approximate surface area is 167 Å². The summed E-state index contributed by atoms with van der Waals surface area (Å²) in [6.45, 7) is 1.06. The van der Waals surface area contributed by atoms with E-state index in [0.29, 0.717) is 18.1 Å². The number of nitrogens with zero attached hydrogens (tertiary/aromatic N) is 4. The van der Waals surface area contributed by atoms with Gasteiger partial charge in [0.15, 0.2) is 5.69 Å². The van der Waals surface area contributed by atoms with E-state index in [4.69, 9.17) is 11.6 Å². The van der Waals surface area contributed by atoms with Gasteiger partial charge in [0.2, 0.25) is 0 Å². The summed E-state index contributed by atoms with van der Waals surface area (Å²) in [5, 5.41) is 8.79. The highest BCUT2D eigenvalue weighted by atomic mass is 35.5. The zero-order chi connectivity index (χ0) is 19.5. The molecule has 0 N–H and O–H groups in total. The van der Waals surface area contributed by atoms with Gasteiger partial charge in [-0.15, -0.1) is 5.10 Å². The third-order valence-electron chi connectivity index (χ3n) is 5.05. The summed E-state index contributed by atoms with van der Waals surface area (Å²) in [6.07, 6.45) is 4.38. The van der Waals surface area contributed by atoms with Gasteiger partial charge < -0.3 is 4.90 Å². The van der Waals surface area contributed by atoms with Crippen LogP contribution in [-0.4, -0.2) is 32.3 Å². The third-order valence-corrected chi connectivity index (χ3v) is 5.41. The molecule has 7 heteroatoms. The lowest BCUT2D eigenvalue weighted by atomic mass is 9.95. The quantitative estimate of drug-likeness (QED) is 0.650. The van der Waals surface area contributed by atoms with Gasteiger partial charge in [0.05, 0.1) is 18.8 Å². The molecule has 0 radical (unpaired) electrons. The molecule has 2 heterocycles. The molecule has 1 amide bonds. The lowest BCUT2D eigenvalue weighted by Gasteiger charge is -2.35. The zero-order valence-electron chi connectivity index (χ0n) is 15.3. The van der Waals surface area contributed by atoms with Crippen molar-refractivity contribution in [3.63, 3.8) is 0 Å². The first-order valence-corrected chi connectivity index (χ1v) is 9.69. The molecule has 0 bridgehead atoms. The van der Waals surface area contributed by atoms with Gasteiger partial charge in [-0.25, -0.2) is 9.07 Å². The van der Waals surface area contributed by atoms with Gasteiger partial charge in [0.25, 0.3) is 5.91 Å². The van der Waals surface area contributed by atoms with Crippen molar-refractivity contribution in [1.82, 2.24) is 19.9 Å². The average Bonchev–Trinajstić information content (AvgIpc) is 3.18. The van der Waals surface area contributed by atoms with Crippen LogP contribution in [0.5, 0.6) is 0 Å². The van der Waals surface area contributed by atoms with E-state index < -0.39 is 0 Å². The van der Waals surface area contributed by atoms with Gasteiger partial charge in [-0.3, -0.25) is 4.79 Å². The molecule has 144 valence electrons. The summed E-state index contributed by atoms with van der Waals surface area (Å²) < 4.78 is 15.3.